The number of nitrogens with two attached hydrogens (primary N) is 1. The van der Waals surface area contributed by atoms with Crippen molar-refractivity contribution in [1.82, 2.24) is 0 Å². The molecule has 16 heavy (non-hydrogen) atoms. The molecule has 1 aromatic rings. The lowest BCUT2D eigenvalue weighted by atomic mass is 9.80. The van der Waals surface area contributed by atoms with Crippen LogP contribution < -0.4 is 5.73 Å². The molecule has 2 N–H and O–H groups in total. The Morgan fingerprint density at radius 3 is 2.62 bits per heavy atom. The van der Waals surface area contributed by atoms with Crippen molar-refractivity contribution in [2.75, 3.05) is 0 Å². The molecular weight excluding hydrogens is 201 g/mol. The molecule has 1 nitrogen and oxygen atoms in total. The van der Waals surface area contributed by atoms with E-state index in [0.29, 0.717) is 5.92 Å². The van der Waals surface area contributed by atoms with Gasteiger partial charge >= 0.3 is 0 Å². The third kappa shape index (κ3) is 2.27. The van der Waals surface area contributed by atoms with Crippen LogP contribution in [0, 0.1) is 18.7 Å². The summed E-state index contributed by atoms with van der Waals surface area (Å²) in [6.07, 6.45) is 6.25. The Hall–Kier alpha value is -0.890. The Bertz CT molecular complexity index is 356. The van der Waals surface area contributed by atoms with E-state index in [0.717, 1.165) is 11.1 Å². The molecule has 2 rings (SSSR count). The maximum absolute atomic E-state index is 13.5. The van der Waals surface area contributed by atoms with E-state index < -0.39 is 0 Å². The summed E-state index contributed by atoms with van der Waals surface area (Å²) >= 11 is 0. The normalized spacial score (nSPS) is 19.7. The van der Waals surface area contributed by atoms with Crippen LogP contribution in [0.4, 0.5) is 4.39 Å². The fraction of sp³-hybridized carbons (Fsp3) is 0.571. The molecule has 1 aromatic carbocycles. The predicted octanol–water partition coefficient (Wildman–Crippen LogP) is 3.71. The quantitative estimate of drug-likeness (QED) is 0.809. The first kappa shape index (κ1) is 11.6. The molecule has 1 saturated carbocycles. The van der Waals surface area contributed by atoms with E-state index in [1.807, 2.05) is 13.0 Å². The van der Waals surface area contributed by atoms with Crippen molar-refractivity contribution < 1.29 is 4.39 Å². The first-order valence-electron chi connectivity index (χ1n) is 6.20. The van der Waals surface area contributed by atoms with Crippen LogP contribution in [0.2, 0.25) is 0 Å². The van der Waals surface area contributed by atoms with Crippen LogP contribution in [-0.2, 0) is 0 Å². The van der Waals surface area contributed by atoms with E-state index in [-0.39, 0.29) is 11.9 Å². The molecule has 1 atom stereocenters. The van der Waals surface area contributed by atoms with Crippen LogP contribution in [0.3, 0.4) is 0 Å². The highest BCUT2D eigenvalue weighted by molar-refractivity contribution is 5.30. The van der Waals surface area contributed by atoms with Gasteiger partial charge in [-0.05, 0) is 42.9 Å². The zero-order chi connectivity index (χ0) is 11.5. The molecular formula is C14H20FN. The van der Waals surface area contributed by atoms with Gasteiger partial charge in [0.05, 0.1) is 0 Å². The van der Waals surface area contributed by atoms with E-state index in [4.69, 9.17) is 5.73 Å². The van der Waals surface area contributed by atoms with Crippen LogP contribution in [0.15, 0.2) is 18.2 Å². The monoisotopic (exact) mass is 221 g/mol. The predicted molar refractivity (Wildman–Crippen MR) is 64.6 cm³/mol. The summed E-state index contributed by atoms with van der Waals surface area (Å²) < 4.78 is 13.5. The van der Waals surface area contributed by atoms with Gasteiger partial charge < -0.3 is 5.73 Å². The van der Waals surface area contributed by atoms with Gasteiger partial charge in [0.2, 0.25) is 0 Å². The molecule has 0 bridgehead atoms. The van der Waals surface area contributed by atoms with E-state index in [1.54, 1.807) is 6.07 Å². The summed E-state index contributed by atoms with van der Waals surface area (Å²) in [5.74, 6) is 0.401. The molecule has 2 heteroatoms. The molecule has 88 valence electrons. The van der Waals surface area contributed by atoms with Gasteiger partial charge in [0.15, 0.2) is 0 Å². The maximum Gasteiger partial charge on any atom is 0.126 e. The highest BCUT2D eigenvalue weighted by Gasteiger charge is 2.23. The lowest BCUT2D eigenvalue weighted by Crippen LogP contribution is -2.24. The number of benzene rings is 1. The SMILES string of the molecule is Cc1c(F)cccc1[C@H](N)C1CCCCC1. The third-order valence-electron chi connectivity index (χ3n) is 3.83. The van der Waals surface area contributed by atoms with Gasteiger partial charge in [-0.25, -0.2) is 4.39 Å². The second-order valence-electron chi connectivity index (χ2n) is 4.88. The molecule has 0 unspecified atom stereocenters. The summed E-state index contributed by atoms with van der Waals surface area (Å²) in [6.45, 7) is 1.83. The molecule has 1 fully saturated rings. The minimum Gasteiger partial charge on any atom is -0.324 e. The first-order valence-corrected chi connectivity index (χ1v) is 6.20. The topological polar surface area (TPSA) is 26.0 Å². The third-order valence-corrected chi connectivity index (χ3v) is 3.83. The first-order chi connectivity index (χ1) is 7.70. The van der Waals surface area contributed by atoms with E-state index in [9.17, 15) is 4.39 Å². The smallest absolute Gasteiger partial charge is 0.126 e. The second-order valence-corrected chi connectivity index (χ2v) is 4.88. The van der Waals surface area contributed by atoms with Crippen LogP contribution in [0.1, 0.15) is 49.3 Å². The van der Waals surface area contributed by atoms with Crippen LogP contribution in [0.25, 0.3) is 0 Å². The highest BCUT2D eigenvalue weighted by Crippen LogP contribution is 2.34. The van der Waals surface area contributed by atoms with Crippen molar-refractivity contribution in [3.05, 3.63) is 35.1 Å². The van der Waals surface area contributed by atoms with Gasteiger partial charge in [-0.2, -0.15) is 0 Å². The van der Waals surface area contributed by atoms with Crippen LogP contribution in [0.5, 0.6) is 0 Å². The van der Waals surface area contributed by atoms with E-state index in [1.165, 1.54) is 38.2 Å². The van der Waals surface area contributed by atoms with Gasteiger partial charge in [0.25, 0.3) is 0 Å². The molecule has 1 aliphatic rings. The molecule has 0 radical (unpaired) electrons. The zero-order valence-corrected chi connectivity index (χ0v) is 9.88. The van der Waals surface area contributed by atoms with Gasteiger partial charge in [0, 0.05) is 6.04 Å². The summed E-state index contributed by atoms with van der Waals surface area (Å²) in [5.41, 5.74) is 7.99. The van der Waals surface area contributed by atoms with Gasteiger partial charge in [-0.3, -0.25) is 0 Å². The van der Waals surface area contributed by atoms with Crippen LogP contribution in [-0.4, -0.2) is 0 Å². The van der Waals surface area contributed by atoms with Crippen molar-refractivity contribution in [1.29, 1.82) is 0 Å². The Morgan fingerprint density at radius 2 is 1.94 bits per heavy atom. The molecule has 0 amide bonds. The molecule has 1 aliphatic carbocycles. The summed E-state index contributed by atoms with van der Waals surface area (Å²) in [5, 5.41) is 0. The summed E-state index contributed by atoms with van der Waals surface area (Å²) in [4.78, 5) is 0. The van der Waals surface area contributed by atoms with Crippen molar-refractivity contribution in [3.8, 4) is 0 Å². The van der Waals surface area contributed by atoms with E-state index >= 15 is 0 Å². The number of rotatable bonds is 2. The van der Waals surface area contributed by atoms with Crippen molar-refractivity contribution in [3.63, 3.8) is 0 Å². The molecule has 0 heterocycles. The van der Waals surface area contributed by atoms with Gasteiger partial charge in [-0.15, -0.1) is 0 Å². The molecule has 0 saturated heterocycles. The fourth-order valence-corrected chi connectivity index (χ4v) is 2.73. The van der Waals surface area contributed by atoms with Gasteiger partial charge in [0.1, 0.15) is 5.82 Å². The fourth-order valence-electron chi connectivity index (χ4n) is 2.73. The molecule has 0 aliphatic heterocycles. The Labute approximate surface area is 96.9 Å². The Morgan fingerprint density at radius 1 is 1.25 bits per heavy atom. The number of hydrogen-bond donors (Lipinski definition) is 1. The summed E-state index contributed by atoms with van der Waals surface area (Å²) in [7, 11) is 0. The second kappa shape index (κ2) is 4.96. The minimum absolute atomic E-state index is 0.0102. The van der Waals surface area contributed by atoms with Gasteiger partial charge in [-0.1, -0.05) is 31.4 Å². The average molecular weight is 221 g/mol. The lowest BCUT2D eigenvalue weighted by molar-refractivity contribution is 0.307. The highest BCUT2D eigenvalue weighted by atomic mass is 19.1. The zero-order valence-electron chi connectivity index (χ0n) is 9.88. The largest absolute Gasteiger partial charge is 0.324 e. The van der Waals surface area contributed by atoms with Crippen molar-refractivity contribution in [2.24, 2.45) is 11.7 Å². The maximum atomic E-state index is 13.5. The number of hydrogen-bond acceptors (Lipinski definition) is 1. The Kier molecular flexibility index (Phi) is 3.59. The standard InChI is InChI=1S/C14H20FN/c1-10-12(8-5-9-13(10)15)14(16)11-6-3-2-4-7-11/h5,8-9,11,14H,2-4,6-7,16H2,1H3/t14-/m1/s1. The van der Waals surface area contributed by atoms with Crippen molar-refractivity contribution >= 4 is 0 Å². The van der Waals surface area contributed by atoms with Crippen molar-refractivity contribution in [2.45, 2.75) is 45.1 Å². The summed E-state index contributed by atoms with van der Waals surface area (Å²) in [6, 6.07) is 5.25. The lowest BCUT2D eigenvalue weighted by Gasteiger charge is -2.28. The number of halogens is 1. The molecule has 0 spiro atoms. The Balaban J connectivity index is 2.19. The van der Waals surface area contributed by atoms with E-state index in [2.05, 4.69) is 0 Å². The molecule has 0 aromatic heterocycles. The van der Waals surface area contributed by atoms with Crippen LogP contribution >= 0.6 is 0 Å². The average Bonchev–Trinajstić information content (AvgIpc) is 2.33. The minimum atomic E-state index is -0.135.